The topological polar surface area (TPSA) is 15.6 Å². The van der Waals surface area contributed by atoms with E-state index in [0.29, 0.717) is 29.8 Å². The molecule has 2 aromatic rings. The highest BCUT2D eigenvalue weighted by Gasteiger charge is 2.39. The van der Waals surface area contributed by atoms with E-state index >= 15 is 0 Å². The van der Waals surface area contributed by atoms with E-state index in [0.717, 1.165) is 6.54 Å². The average molecular weight is 377 g/mol. The second kappa shape index (κ2) is 10.0. The largest absolute Gasteiger partial charge is 0.294 e. The van der Waals surface area contributed by atoms with Gasteiger partial charge in [0.05, 0.1) is 6.04 Å². The maximum atomic E-state index is 5.22. The van der Waals surface area contributed by atoms with Crippen LogP contribution in [-0.2, 0) is 6.54 Å². The first kappa shape index (κ1) is 20.8. The molecule has 1 saturated heterocycles. The van der Waals surface area contributed by atoms with E-state index in [1.54, 1.807) is 0 Å². The van der Waals surface area contributed by atoms with Gasteiger partial charge in [-0.3, -0.25) is 9.89 Å². The third-order valence-corrected chi connectivity index (χ3v) is 6.04. The maximum absolute atomic E-state index is 5.22. The van der Waals surface area contributed by atoms with Gasteiger partial charge in [0.15, 0.2) is 0 Å². The number of likely N-dealkylation sites (tertiary alicyclic amines) is 1. The van der Waals surface area contributed by atoms with Gasteiger partial charge in [0.1, 0.15) is 0 Å². The molecule has 0 amide bonds. The van der Waals surface area contributed by atoms with E-state index < -0.39 is 0 Å². The zero-order chi connectivity index (χ0) is 19.9. The number of aliphatic imine (C=N–C) groups is 1. The molecule has 0 aliphatic carbocycles. The van der Waals surface area contributed by atoms with Crippen LogP contribution in [0.1, 0.15) is 51.7 Å². The van der Waals surface area contributed by atoms with Crippen molar-refractivity contribution in [2.24, 2.45) is 22.7 Å². The summed E-state index contributed by atoms with van der Waals surface area (Å²) < 4.78 is 0. The molecule has 0 radical (unpaired) electrons. The van der Waals surface area contributed by atoms with Crippen molar-refractivity contribution in [3.63, 3.8) is 0 Å². The number of nitrogens with zero attached hydrogens (tertiary/aromatic N) is 2. The van der Waals surface area contributed by atoms with Crippen LogP contribution in [0.25, 0.3) is 0 Å². The Kier molecular flexibility index (Phi) is 7.44. The lowest BCUT2D eigenvalue weighted by atomic mass is 9.76. The Morgan fingerprint density at radius 2 is 1.61 bits per heavy atom. The van der Waals surface area contributed by atoms with Gasteiger partial charge in [-0.25, -0.2) is 0 Å². The van der Waals surface area contributed by atoms with Crippen molar-refractivity contribution >= 4 is 6.21 Å². The Bertz CT molecular complexity index is 721. The minimum absolute atomic E-state index is 0.361. The van der Waals surface area contributed by atoms with Crippen LogP contribution in [0.15, 0.2) is 65.7 Å². The van der Waals surface area contributed by atoms with Gasteiger partial charge >= 0.3 is 0 Å². The number of piperidine rings is 1. The van der Waals surface area contributed by atoms with Gasteiger partial charge in [0.25, 0.3) is 0 Å². The summed E-state index contributed by atoms with van der Waals surface area (Å²) in [7, 11) is 0. The molecule has 1 fully saturated rings. The van der Waals surface area contributed by atoms with E-state index in [1.165, 1.54) is 30.5 Å². The molecule has 150 valence electrons. The van der Waals surface area contributed by atoms with Crippen molar-refractivity contribution in [2.75, 3.05) is 6.54 Å². The van der Waals surface area contributed by atoms with Gasteiger partial charge in [0, 0.05) is 18.8 Å². The van der Waals surface area contributed by atoms with E-state index in [2.05, 4.69) is 99.5 Å². The molecular formula is C26H36N2. The van der Waals surface area contributed by atoms with E-state index in [1.807, 2.05) is 0 Å². The van der Waals surface area contributed by atoms with Gasteiger partial charge in [0.2, 0.25) is 0 Å². The van der Waals surface area contributed by atoms with Crippen LogP contribution in [0, 0.1) is 17.8 Å². The number of hydrogen-bond donors (Lipinski definition) is 0. The predicted octanol–water partition coefficient (Wildman–Crippen LogP) is 6.07. The molecule has 2 nitrogen and oxygen atoms in total. The minimum atomic E-state index is 0.361. The van der Waals surface area contributed by atoms with Crippen LogP contribution < -0.4 is 0 Å². The molecular weight excluding hydrogens is 340 g/mol. The monoisotopic (exact) mass is 376 g/mol. The summed E-state index contributed by atoms with van der Waals surface area (Å²) in [5, 5.41) is 0. The van der Waals surface area contributed by atoms with Gasteiger partial charge in [-0.15, -0.1) is 0 Å². The Morgan fingerprint density at radius 3 is 2.21 bits per heavy atom. The lowest BCUT2D eigenvalue weighted by Gasteiger charge is -2.46. The van der Waals surface area contributed by atoms with E-state index in [9.17, 15) is 0 Å². The van der Waals surface area contributed by atoms with Crippen LogP contribution in [-0.4, -0.2) is 29.7 Å². The highest BCUT2D eigenvalue weighted by Crippen LogP contribution is 2.35. The van der Waals surface area contributed by atoms with Crippen LogP contribution in [0.2, 0.25) is 0 Å². The molecule has 0 spiro atoms. The summed E-state index contributed by atoms with van der Waals surface area (Å²) in [6, 6.07) is 22.3. The molecule has 0 aromatic heterocycles. The Morgan fingerprint density at radius 1 is 0.964 bits per heavy atom. The summed E-state index contributed by atoms with van der Waals surface area (Å²) in [5.74, 6) is 1.98. The van der Waals surface area contributed by atoms with Crippen molar-refractivity contribution in [1.29, 1.82) is 0 Å². The first-order chi connectivity index (χ1) is 13.5. The second-order valence-electron chi connectivity index (χ2n) is 9.03. The summed E-state index contributed by atoms with van der Waals surface area (Å²) >= 11 is 0. The Balaban J connectivity index is 1.87. The molecule has 0 unspecified atom stereocenters. The molecule has 2 aromatic carbocycles. The lowest BCUT2D eigenvalue weighted by molar-refractivity contribution is 0.0527. The predicted molar refractivity (Wildman–Crippen MR) is 121 cm³/mol. The molecule has 28 heavy (non-hydrogen) atoms. The molecule has 1 heterocycles. The molecule has 3 atom stereocenters. The standard InChI is InChI=1S/C26H36N2/c1-20(2)17-25-26(27-18-22-11-7-5-8-12-22)24(21(3)4)15-16-28(25)19-23-13-9-6-10-14-23/h5-14,18,20-21,24-26H,15-17,19H2,1-4H3/t24-,25+,26+/m1/s1. The molecule has 1 aliphatic heterocycles. The highest BCUT2D eigenvalue weighted by molar-refractivity contribution is 5.79. The van der Waals surface area contributed by atoms with E-state index in [4.69, 9.17) is 4.99 Å². The minimum Gasteiger partial charge on any atom is -0.294 e. The third-order valence-electron chi connectivity index (χ3n) is 6.04. The molecule has 3 rings (SSSR count). The Hall–Kier alpha value is -1.93. The summed E-state index contributed by atoms with van der Waals surface area (Å²) in [6.45, 7) is 11.6. The fourth-order valence-electron chi connectivity index (χ4n) is 4.59. The molecule has 0 saturated carbocycles. The quantitative estimate of drug-likeness (QED) is 0.536. The summed E-state index contributed by atoms with van der Waals surface area (Å²) in [5.41, 5.74) is 2.61. The van der Waals surface area contributed by atoms with Crippen LogP contribution in [0.5, 0.6) is 0 Å². The zero-order valence-electron chi connectivity index (χ0n) is 18.0. The number of hydrogen-bond acceptors (Lipinski definition) is 2. The lowest BCUT2D eigenvalue weighted by Crippen LogP contribution is -2.53. The maximum Gasteiger partial charge on any atom is 0.0686 e. The van der Waals surface area contributed by atoms with Crippen LogP contribution >= 0.6 is 0 Å². The summed E-state index contributed by atoms with van der Waals surface area (Å²) in [6.07, 6.45) is 4.54. The summed E-state index contributed by atoms with van der Waals surface area (Å²) in [4.78, 5) is 7.91. The third kappa shape index (κ3) is 5.54. The molecule has 0 N–H and O–H groups in total. The molecule has 1 aliphatic rings. The van der Waals surface area contributed by atoms with Gasteiger partial charge in [-0.05, 0) is 48.3 Å². The second-order valence-corrected chi connectivity index (χ2v) is 9.03. The number of benzene rings is 2. The fourth-order valence-corrected chi connectivity index (χ4v) is 4.59. The SMILES string of the molecule is CC(C)C[C@H]1[C@@H](N=Cc2ccccc2)[C@@H](C(C)C)CCN1Cc1ccccc1. The average Bonchev–Trinajstić information content (AvgIpc) is 2.69. The smallest absolute Gasteiger partial charge is 0.0686 e. The van der Waals surface area contributed by atoms with Gasteiger partial charge in [-0.1, -0.05) is 88.4 Å². The fraction of sp³-hybridized carbons (Fsp3) is 0.500. The van der Waals surface area contributed by atoms with Gasteiger partial charge < -0.3 is 0 Å². The Labute approximate surface area is 171 Å². The van der Waals surface area contributed by atoms with Crippen molar-refractivity contribution in [3.8, 4) is 0 Å². The highest BCUT2D eigenvalue weighted by atomic mass is 15.2. The first-order valence-electron chi connectivity index (χ1n) is 10.9. The number of rotatable bonds is 7. The van der Waals surface area contributed by atoms with Crippen LogP contribution in [0.4, 0.5) is 0 Å². The van der Waals surface area contributed by atoms with Crippen molar-refractivity contribution in [3.05, 3.63) is 71.8 Å². The zero-order valence-corrected chi connectivity index (χ0v) is 18.0. The van der Waals surface area contributed by atoms with Gasteiger partial charge in [-0.2, -0.15) is 0 Å². The van der Waals surface area contributed by atoms with Crippen molar-refractivity contribution < 1.29 is 0 Å². The first-order valence-corrected chi connectivity index (χ1v) is 10.9. The molecule has 0 bridgehead atoms. The van der Waals surface area contributed by atoms with Crippen LogP contribution in [0.3, 0.4) is 0 Å². The molecule has 2 heteroatoms. The normalized spacial score (nSPS) is 23.7. The van der Waals surface area contributed by atoms with Crippen molar-refractivity contribution in [2.45, 2.75) is 59.2 Å². The van der Waals surface area contributed by atoms with E-state index in [-0.39, 0.29) is 0 Å². The van der Waals surface area contributed by atoms with Crippen molar-refractivity contribution in [1.82, 2.24) is 4.90 Å².